The third kappa shape index (κ3) is 3.19. The monoisotopic (exact) mass is 276 g/mol. The molecule has 1 heterocycles. The Kier molecular flexibility index (Phi) is 4.65. The van der Waals surface area contributed by atoms with E-state index in [9.17, 15) is 4.79 Å². The van der Waals surface area contributed by atoms with Crippen LogP contribution in [0, 0.1) is 0 Å². The molecular formula is C14H16N2O2S. The minimum atomic E-state index is -0.396. The zero-order valence-corrected chi connectivity index (χ0v) is 11.5. The van der Waals surface area contributed by atoms with Crippen LogP contribution in [0.25, 0.3) is 10.9 Å². The molecule has 0 spiro atoms. The fourth-order valence-corrected chi connectivity index (χ4v) is 2.41. The lowest BCUT2D eigenvalue weighted by molar-refractivity contribution is -0.142. The van der Waals surface area contributed by atoms with Crippen molar-refractivity contribution in [3.05, 3.63) is 48.0 Å². The van der Waals surface area contributed by atoms with Gasteiger partial charge >= 0.3 is 5.97 Å². The van der Waals surface area contributed by atoms with Gasteiger partial charge in [0.05, 0.1) is 7.11 Å². The van der Waals surface area contributed by atoms with Crippen molar-refractivity contribution >= 4 is 28.8 Å². The normalized spacial score (nSPS) is 12.3. The van der Waals surface area contributed by atoms with Crippen molar-refractivity contribution in [1.29, 1.82) is 0 Å². The molecule has 2 rings (SSSR count). The summed E-state index contributed by atoms with van der Waals surface area (Å²) in [7, 11) is 1.39. The van der Waals surface area contributed by atoms with Crippen molar-refractivity contribution in [1.82, 2.24) is 9.71 Å². The first-order chi connectivity index (χ1) is 9.26. The molecule has 2 aromatic rings. The zero-order chi connectivity index (χ0) is 13.7. The number of esters is 1. The Labute approximate surface area is 116 Å². The standard InChI is InChI=1S/C14H16N2O2S/c1-3-19-16-13(14(17)18-2)8-10-9-15-12-7-5-4-6-11(10)12/h3-7,9,13,15-16H,1,8H2,2H3. The predicted molar refractivity (Wildman–Crippen MR) is 78.7 cm³/mol. The average Bonchev–Trinajstić information content (AvgIpc) is 2.86. The van der Waals surface area contributed by atoms with Crippen molar-refractivity contribution in [3.8, 4) is 0 Å². The Balaban J connectivity index is 2.20. The van der Waals surface area contributed by atoms with Gasteiger partial charge in [0.25, 0.3) is 0 Å². The van der Waals surface area contributed by atoms with E-state index in [0.29, 0.717) is 6.42 Å². The molecule has 0 fully saturated rings. The van der Waals surface area contributed by atoms with Crippen LogP contribution in [0.15, 0.2) is 42.4 Å². The van der Waals surface area contributed by atoms with E-state index in [2.05, 4.69) is 16.3 Å². The van der Waals surface area contributed by atoms with Gasteiger partial charge in [-0.2, -0.15) is 0 Å². The van der Waals surface area contributed by atoms with E-state index >= 15 is 0 Å². The second-order valence-electron chi connectivity index (χ2n) is 4.04. The number of aromatic amines is 1. The lowest BCUT2D eigenvalue weighted by Crippen LogP contribution is -2.35. The summed E-state index contributed by atoms with van der Waals surface area (Å²) in [6, 6.07) is 7.62. The maximum atomic E-state index is 11.7. The molecule has 1 aromatic heterocycles. The molecule has 0 aliphatic rings. The largest absolute Gasteiger partial charge is 0.468 e. The first kappa shape index (κ1) is 13.7. The molecule has 0 saturated heterocycles. The summed E-state index contributed by atoms with van der Waals surface area (Å²) in [5.74, 6) is -0.278. The molecule has 1 atom stereocenters. The van der Waals surface area contributed by atoms with Crippen LogP contribution in [0.5, 0.6) is 0 Å². The molecular weight excluding hydrogens is 260 g/mol. The molecule has 0 saturated carbocycles. The number of benzene rings is 1. The van der Waals surface area contributed by atoms with Gasteiger partial charge in [-0.25, -0.2) is 4.72 Å². The molecule has 1 aromatic carbocycles. The molecule has 0 amide bonds. The van der Waals surface area contributed by atoms with Crippen molar-refractivity contribution in [2.75, 3.05) is 7.11 Å². The van der Waals surface area contributed by atoms with Crippen molar-refractivity contribution in [2.45, 2.75) is 12.5 Å². The van der Waals surface area contributed by atoms with Crippen molar-refractivity contribution in [2.24, 2.45) is 0 Å². The summed E-state index contributed by atoms with van der Waals surface area (Å²) in [6.45, 7) is 3.61. The van der Waals surface area contributed by atoms with Crippen molar-refractivity contribution in [3.63, 3.8) is 0 Å². The minimum Gasteiger partial charge on any atom is -0.468 e. The number of hydrogen-bond acceptors (Lipinski definition) is 4. The Morgan fingerprint density at radius 1 is 1.58 bits per heavy atom. The fraction of sp³-hybridized carbons (Fsp3) is 0.214. The number of H-pyrrole nitrogens is 1. The second kappa shape index (κ2) is 6.45. The average molecular weight is 276 g/mol. The van der Waals surface area contributed by atoms with E-state index in [0.717, 1.165) is 16.5 Å². The first-order valence-corrected chi connectivity index (χ1v) is 6.79. The number of rotatable bonds is 6. The van der Waals surface area contributed by atoms with Gasteiger partial charge in [-0.15, -0.1) is 0 Å². The Morgan fingerprint density at radius 3 is 3.11 bits per heavy atom. The molecule has 1 unspecified atom stereocenters. The van der Waals surface area contributed by atoms with Gasteiger partial charge in [0.15, 0.2) is 0 Å². The number of carbonyl (C=O) groups excluding carboxylic acids is 1. The maximum absolute atomic E-state index is 11.7. The molecule has 4 nitrogen and oxygen atoms in total. The van der Waals surface area contributed by atoms with Gasteiger partial charge in [0.1, 0.15) is 6.04 Å². The number of aromatic nitrogens is 1. The molecule has 0 radical (unpaired) electrons. The van der Waals surface area contributed by atoms with Crippen molar-refractivity contribution < 1.29 is 9.53 Å². The number of nitrogens with one attached hydrogen (secondary N) is 2. The summed E-state index contributed by atoms with van der Waals surface area (Å²) in [6.07, 6.45) is 2.50. The van der Waals surface area contributed by atoms with E-state index in [4.69, 9.17) is 4.74 Å². The summed E-state index contributed by atoms with van der Waals surface area (Å²) in [5, 5.41) is 2.77. The van der Waals surface area contributed by atoms with E-state index in [1.54, 1.807) is 5.41 Å². The molecule has 0 aliphatic heterocycles. The molecule has 0 aliphatic carbocycles. The van der Waals surface area contributed by atoms with Crippen LogP contribution in [0.3, 0.4) is 0 Å². The predicted octanol–water partition coefficient (Wildman–Crippen LogP) is 2.63. The highest BCUT2D eigenvalue weighted by molar-refractivity contribution is 8.00. The third-order valence-electron chi connectivity index (χ3n) is 2.88. The minimum absolute atomic E-state index is 0.278. The number of hydrogen-bond donors (Lipinski definition) is 2. The van der Waals surface area contributed by atoms with Gasteiger partial charge < -0.3 is 9.72 Å². The number of fused-ring (bicyclic) bond motifs is 1. The SMILES string of the molecule is C=CSNC(Cc1c[nH]c2ccccc12)C(=O)OC. The maximum Gasteiger partial charge on any atom is 0.324 e. The van der Waals surface area contributed by atoms with Gasteiger partial charge in [0.2, 0.25) is 0 Å². The molecule has 19 heavy (non-hydrogen) atoms. The van der Waals surface area contributed by atoms with Crippen LogP contribution in [-0.4, -0.2) is 24.1 Å². The van der Waals surface area contributed by atoms with Crippen LogP contribution >= 0.6 is 11.9 Å². The summed E-state index contributed by atoms with van der Waals surface area (Å²) in [4.78, 5) is 14.9. The zero-order valence-electron chi connectivity index (χ0n) is 10.7. The number of para-hydroxylation sites is 1. The molecule has 2 N–H and O–H groups in total. The van der Waals surface area contributed by atoms with Crippen LogP contribution in [0.4, 0.5) is 0 Å². The second-order valence-corrected chi connectivity index (χ2v) is 4.85. The highest BCUT2D eigenvalue weighted by atomic mass is 32.2. The number of ether oxygens (including phenoxy) is 1. The quantitative estimate of drug-likeness (QED) is 0.629. The smallest absolute Gasteiger partial charge is 0.324 e. The third-order valence-corrected chi connectivity index (χ3v) is 3.47. The number of carbonyl (C=O) groups is 1. The van der Waals surface area contributed by atoms with E-state index in [-0.39, 0.29) is 5.97 Å². The highest BCUT2D eigenvalue weighted by Gasteiger charge is 2.20. The summed E-state index contributed by atoms with van der Waals surface area (Å²) in [5.41, 5.74) is 2.15. The van der Waals surface area contributed by atoms with Gasteiger partial charge in [-0.05, 0) is 17.0 Å². The fourth-order valence-electron chi connectivity index (χ4n) is 1.97. The lowest BCUT2D eigenvalue weighted by atomic mass is 10.1. The van der Waals surface area contributed by atoms with Crippen LogP contribution < -0.4 is 4.72 Å². The Morgan fingerprint density at radius 2 is 2.37 bits per heavy atom. The van der Waals surface area contributed by atoms with E-state index in [1.165, 1.54) is 19.1 Å². The molecule has 0 bridgehead atoms. The first-order valence-electron chi connectivity index (χ1n) is 5.91. The summed E-state index contributed by atoms with van der Waals surface area (Å²) < 4.78 is 7.84. The highest BCUT2D eigenvalue weighted by Crippen LogP contribution is 2.19. The topological polar surface area (TPSA) is 54.1 Å². The van der Waals surface area contributed by atoms with Gasteiger partial charge in [-0.3, -0.25) is 4.79 Å². The van der Waals surface area contributed by atoms with Crippen LogP contribution in [-0.2, 0) is 16.0 Å². The summed E-state index contributed by atoms with van der Waals surface area (Å²) >= 11 is 1.29. The number of methoxy groups -OCH3 is 1. The van der Waals surface area contributed by atoms with Crippen LogP contribution in [0.2, 0.25) is 0 Å². The lowest BCUT2D eigenvalue weighted by Gasteiger charge is -2.14. The Bertz CT molecular complexity index is 580. The molecule has 100 valence electrons. The molecule has 5 heteroatoms. The van der Waals surface area contributed by atoms with E-state index in [1.807, 2.05) is 30.5 Å². The van der Waals surface area contributed by atoms with Gasteiger partial charge in [-0.1, -0.05) is 36.7 Å². The van der Waals surface area contributed by atoms with Crippen LogP contribution in [0.1, 0.15) is 5.56 Å². The Hall–Kier alpha value is -1.72. The van der Waals surface area contributed by atoms with E-state index < -0.39 is 6.04 Å². The van der Waals surface area contributed by atoms with Gasteiger partial charge in [0, 0.05) is 23.5 Å².